The maximum atomic E-state index is 14.7. The predicted octanol–water partition coefficient (Wildman–Crippen LogP) is 7.40. The molecule has 1 heterocycles. The van der Waals surface area contributed by atoms with E-state index in [4.69, 9.17) is 11.6 Å². The van der Waals surface area contributed by atoms with Crippen LogP contribution in [0.15, 0.2) is 36.5 Å². The average molecular weight is 360 g/mol. The van der Waals surface area contributed by atoms with Gasteiger partial charge < -0.3 is 0 Å². The maximum absolute atomic E-state index is 14.7. The van der Waals surface area contributed by atoms with Gasteiger partial charge in [-0.25, -0.2) is 9.37 Å². The standard InChI is InChI=1S/C22H27ClFN/c1-2-3-4-5-16-6-8-17(9-7-16)20-12-10-18(14-21(20)24)19-11-13-22(23)25-15-19/h10-17H,2-9H2,1H3. The van der Waals surface area contributed by atoms with Gasteiger partial charge in [0.05, 0.1) is 0 Å². The number of unbranched alkanes of at least 4 members (excludes halogenated alkanes) is 2. The Balaban J connectivity index is 1.63. The van der Waals surface area contributed by atoms with Crippen LogP contribution < -0.4 is 0 Å². The molecule has 3 heteroatoms. The van der Waals surface area contributed by atoms with Crippen molar-refractivity contribution in [2.75, 3.05) is 0 Å². The first kappa shape index (κ1) is 18.4. The Hall–Kier alpha value is -1.41. The SMILES string of the molecule is CCCCCC1CCC(c2ccc(-c3ccc(Cl)nc3)cc2F)CC1. The number of rotatable bonds is 6. The van der Waals surface area contributed by atoms with Crippen molar-refractivity contribution < 1.29 is 4.39 Å². The summed E-state index contributed by atoms with van der Waals surface area (Å²) in [6.07, 6.45) is 11.8. The molecule has 0 aliphatic heterocycles. The monoisotopic (exact) mass is 359 g/mol. The van der Waals surface area contributed by atoms with Gasteiger partial charge in [0.1, 0.15) is 11.0 Å². The number of hydrogen-bond donors (Lipinski definition) is 0. The third-order valence-corrected chi connectivity index (χ3v) is 5.79. The zero-order chi connectivity index (χ0) is 17.6. The molecule has 1 aromatic heterocycles. The summed E-state index contributed by atoms with van der Waals surface area (Å²) in [6, 6.07) is 9.25. The molecule has 2 aromatic rings. The molecule has 0 unspecified atom stereocenters. The van der Waals surface area contributed by atoms with E-state index in [2.05, 4.69) is 11.9 Å². The van der Waals surface area contributed by atoms with E-state index >= 15 is 0 Å². The summed E-state index contributed by atoms with van der Waals surface area (Å²) >= 11 is 5.82. The Morgan fingerprint density at radius 2 is 1.80 bits per heavy atom. The minimum absolute atomic E-state index is 0.0816. The molecule has 1 aromatic carbocycles. The van der Waals surface area contributed by atoms with Gasteiger partial charge in [-0.05, 0) is 66.8 Å². The van der Waals surface area contributed by atoms with Crippen LogP contribution in [0.1, 0.15) is 69.8 Å². The lowest BCUT2D eigenvalue weighted by Crippen LogP contribution is -2.14. The smallest absolute Gasteiger partial charge is 0.129 e. The van der Waals surface area contributed by atoms with Gasteiger partial charge in [-0.2, -0.15) is 0 Å². The lowest BCUT2D eigenvalue weighted by Gasteiger charge is -2.29. The zero-order valence-electron chi connectivity index (χ0n) is 15.0. The highest BCUT2D eigenvalue weighted by atomic mass is 35.5. The van der Waals surface area contributed by atoms with Crippen molar-refractivity contribution in [2.24, 2.45) is 5.92 Å². The summed E-state index contributed by atoms with van der Waals surface area (Å²) < 4.78 is 14.7. The van der Waals surface area contributed by atoms with E-state index < -0.39 is 0 Å². The van der Waals surface area contributed by atoms with E-state index in [-0.39, 0.29) is 5.82 Å². The molecule has 0 radical (unpaired) electrons. The fraction of sp³-hybridized carbons (Fsp3) is 0.500. The summed E-state index contributed by atoms with van der Waals surface area (Å²) in [5, 5.41) is 0.455. The Morgan fingerprint density at radius 1 is 1.04 bits per heavy atom. The summed E-state index contributed by atoms with van der Waals surface area (Å²) in [5.41, 5.74) is 2.64. The van der Waals surface area contributed by atoms with Crippen LogP contribution in [-0.2, 0) is 0 Å². The molecule has 1 saturated carbocycles. The highest BCUT2D eigenvalue weighted by Crippen LogP contribution is 2.39. The van der Waals surface area contributed by atoms with Crippen LogP contribution in [-0.4, -0.2) is 4.98 Å². The minimum atomic E-state index is -0.0816. The van der Waals surface area contributed by atoms with Crippen LogP contribution in [0.2, 0.25) is 5.15 Å². The second kappa shape index (κ2) is 8.80. The van der Waals surface area contributed by atoms with Crippen molar-refractivity contribution in [3.63, 3.8) is 0 Å². The van der Waals surface area contributed by atoms with Gasteiger partial charge in [-0.15, -0.1) is 0 Å². The first-order valence-corrected chi connectivity index (χ1v) is 9.96. The molecule has 0 atom stereocenters. The molecular weight excluding hydrogens is 333 g/mol. The zero-order valence-corrected chi connectivity index (χ0v) is 15.7. The Bertz CT molecular complexity index is 675. The van der Waals surface area contributed by atoms with Crippen molar-refractivity contribution in [1.82, 2.24) is 4.98 Å². The number of pyridine rings is 1. The van der Waals surface area contributed by atoms with E-state index in [1.54, 1.807) is 18.3 Å². The van der Waals surface area contributed by atoms with E-state index in [0.29, 0.717) is 11.1 Å². The Kier molecular flexibility index (Phi) is 6.47. The van der Waals surface area contributed by atoms with Crippen molar-refractivity contribution in [1.29, 1.82) is 0 Å². The van der Waals surface area contributed by atoms with E-state index in [0.717, 1.165) is 35.4 Å². The van der Waals surface area contributed by atoms with Crippen LogP contribution in [0.25, 0.3) is 11.1 Å². The molecule has 1 nitrogen and oxygen atoms in total. The highest BCUT2D eigenvalue weighted by molar-refractivity contribution is 6.29. The van der Waals surface area contributed by atoms with Gasteiger partial charge in [0.2, 0.25) is 0 Å². The lowest BCUT2D eigenvalue weighted by molar-refractivity contribution is 0.299. The van der Waals surface area contributed by atoms with Gasteiger partial charge in [0.15, 0.2) is 0 Å². The van der Waals surface area contributed by atoms with E-state index in [1.807, 2.05) is 18.2 Å². The molecule has 0 saturated heterocycles. The van der Waals surface area contributed by atoms with Crippen LogP contribution in [0.4, 0.5) is 4.39 Å². The first-order chi connectivity index (χ1) is 12.2. The van der Waals surface area contributed by atoms with Gasteiger partial charge >= 0.3 is 0 Å². The van der Waals surface area contributed by atoms with Crippen LogP contribution >= 0.6 is 11.6 Å². The number of halogens is 2. The third-order valence-electron chi connectivity index (χ3n) is 5.56. The first-order valence-electron chi connectivity index (χ1n) is 9.58. The third kappa shape index (κ3) is 4.82. The topological polar surface area (TPSA) is 12.9 Å². The van der Waals surface area contributed by atoms with Crippen molar-refractivity contribution >= 4 is 11.6 Å². The van der Waals surface area contributed by atoms with Crippen molar-refractivity contribution in [3.8, 4) is 11.1 Å². The second-order valence-corrected chi connectivity index (χ2v) is 7.71. The maximum Gasteiger partial charge on any atom is 0.129 e. The minimum Gasteiger partial charge on any atom is -0.244 e. The van der Waals surface area contributed by atoms with Crippen LogP contribution in [0, 0.1) is 11.7 Å². The van der Waals surface area contributed by atoms with Crippen molar-refractivity contribution in [2.45, 2.75) is 64.2 Å². The Labute approximate surface area is 155 Å². The number of nitrogens with zero attached hydrogens (tertiary/aromatic N) is 1. The number of aromatic nitrogens is 1. The van der Waals surface area contributed by atoms with Crippen LogP contribution in [0.3, 0.4) is 0 Å². The predicted molar refractivity (Wildman–Crippen MR) is 103 cm³/mol. The summed E-state index contributed by atoms with van der Waals surface area (Å²) in [5.74, 6) is 1.15. The molecule has 3 rings (SSSR count). The average Bonchev–Trinajstić information content (AvgIpc) is 2.63. The molecule has 1 aliphatic carbocycles. The van der Waals surface area contributed by atoms with E-state index in [1.165, 1.54) is 38.5 Å². The normalized spacial score (nSPS) is 20.6. The molecule has 1 fully saturated rings. The summed E-state index contributed by atoms with van der Waals surface area (Å²) in [6.45, 7) is 2.25. The largest absolute Gasteiger partial charge is 0.244 e. The van der Waals surface area contributed by atoms with E-state index in [9.17, 15) is 4.39 Å². The molecular formula is C22H27ClFN. The fourth-order valence-electron chi connectivity index (χ4n) is 4.03. The number of benzene rings is 1. The molecule has 1 aliphatic rings. The Morgan fingerprint density at radius 3 is 2.44 bits per heavy atom. The highest BCUT2D eigenvalue weighted by Gasteiger charge is 2.24. The van der Waals surface area contributed by atoms with Gasteiger partial charge in [0.25, 0.3) is 0 Å². The molecule has 134 valence electrons. The van der Waals surface area contributed by atoms with Gasteiger partial charge in [0, 0.05) is 11.8 Å². The lowest BCUT2D eigenvalue weighted by atomic mass is 9.76. The fourth-order valence-corrected chi connectivity index (χ4v) is 4.14. The molecule has 25 heavy (non-hydrogen) atoms. The summed E-state index contributed by atoms with van der Waals surface area (Å²) in [7, 11) is 0. The molecule has 0 spiro atoms. The van der Waals surface area contributed by atoms with Crippen LogP contribution in [0.5, 0.6) is 0 Å². The quantitative estimate of drug-likeness (QED) is 0.387. The number of hydrogen-bond acceptors (Lipinski definition) is 1. The van der Waals surface area contributed by atoms with Gasteiger partial charge in [-0.1, -0.05) is 56.3 Å². The second-order valence-electron chi connectivity index (χ2n) is 7.32. The van der Waals surface area contributed by atoms with Gasteiger partial charge in [-0.3, -0.25) is 0 Å². The molecule has 0 bridgehead atoms. The molecule has 0 N–H and O–H groups in total. The summed E-state index contributed by atoms with van der Waals surface area (Å²) in [4.78, 5) is 4.08. The molecule has 0 amide bonds. The van der Waals surface area contributed by atoms with Crippen molar-refractivity contribution in [3.05, 3.63) is 53.1 Å².